The van der Waals surface area contributed by atoms with Gasteiger partial charge in [0.1, 0.15) is 6.61 Å². The molecule has 0 spiro atoms. The molecule has 1 aliphatic carbocycles. The van der Waals surface area contributed by atoms with Crippen molar-refractivity contribution in [2.45, 2.75) is 44.8 Å². The maximum Gasteiger partial charge on any atom is 0.329 e. The average molecular weight is 270 g/mol. The van der Waals surface area contributed by atoms with Crippen molar-refractivity contribution < 1.29 is 19.4 Å². The molecule has 1 saturated heterocycles. The van der Waals surface area contributed by atoms with Gasteiger partial charge in [-0.15, -0.1) is 0 Å². The second kappa shape index (κ2) is 6.23. The molecule has 0 bridgehead atoms. The molecule has 0 aromatic rings. The highest BCUT2D eigenvalue weighted by atomic mass is 16.5. The SMILES string of the molecule is CC(NC(=O)N1CCC(OCC(=O)O)CC1)C1CC1. The molecule has 6 heteroatoms. The summed E-state index contributed by atoms with van der Waals surface area (Å²) in [5.74, 6) is -0.293. The molecular formula is C13H22N2O4. The number of rotatable bonds is 5. The van der Waals surface area contributed by atoms with Crippen LogP contribution in [0.5, 0.6) is 0 Å². The molecule has 0 radical (unpaired) electrons. The van der Waals surface area contributed by atoms with E-state index in [1.54, 1.807) is 4.90 Å². The summed E-state index contributed by atoms with van der Waals surface area (Å²) in [7, 11) is 0. The third-order valence-corrected chi connectivity index (χ3v) is 3.85. The van der Waals surface area contributed by atoms with Gasteiger partial charge in [-0.1, -0.05) is 0 Å². The predicted molar refractivity (Wildman–Crippen MR) is 68.9 cm³/mol. The molecule has 6 nitrogen and oxygen atoms in total. The molecule has 1 aliphatic heterocycles. The highest BCUT2D eigenvalue weighted by molar-refractivity contribution is 5.74. The summed E-state index contributed by atoms with van der Waals surface area (Å²) >= 11 is 0. The quantitative estimate of drug-likeness (QED) is 0.783. The van der Waals surface area contributed by atoms with Crippen LogP contribution in [0.2, 0.25) is 0 Å². The van der Waals surface area contributed by atoms with Crippen LogP contribution in [-0.4, -0.2) is 53.8 Å². The second-order valence-electron chi connectivity index (χ2n) is 5.47. The number of ether oxygens (including phenoxy) is 1. The number of aliphatic carboxylic acids is 1. The van der Waals surface area contributed by atoms with Gasteiger partial charge in [0.2, 0.25) is 0 Å². The largest absolute Gasteiger partial charge is 0.480 e. The van der Waals surface area contributed by atoms with E-state index >= 15 is 0 Å². The summed E-state index contributed by atoms with van der Waals surface area (Å²) in [5.41, 5.74) is 0. The first-order chi connectivity index (χ1) is 9.06. The zero-order valence-electron chi connectivity index (χ0n) is 11.3. The molecule has 2 rings (SSSR count). The fourth-order valence-corrected chi connectivity index (χ4v) is 2.41. The van der Waals surface area contributed by atoms with Gasteiger partial charge < -0.3 is 20.1 Å². The van der Waals surface area contributed by atoms with Crippen molar-refractivity contribution in [1.29, 1.82) is 0 Å². The van der Waals surface area contributed by atoms with Gasteiger partial charge in [-0.3, -0.25) is 0 Å². The number of nitrogens with zero attached hydrogens (tertiary/aromatic N) is 1. The van der Waals surface area contributed by atoms with E-state index in [2.05, 4.69) is 12.2 Å². The monoisotopic (exact) mass is 270 g/mol. The Morgan fingerprint density at radius 2 is 1.95 bits per heavy atom. The number of amides is 2. The van der Waals surface area contributed by atoms with Crippen LogP contribution in [0.4, 0.5) is 4.79 Å². The maximum atomic E-state index is 12.0. The van der Waals surface area contributed by atoms with Crippen LogP contribution in [0.15, 0.2) is 0 Å². The van der Waals surface area contributed by atoms with E-state index < -0.39 is 5.97 Å². The van der Waals surface area contributed by atoms with Crippen LogP contribution in [0.3, 0.4) is 0 Å². The smallest absolute Gasteiger partial charge is 0.329 e. The van der Waals surface area contributed by atoms with E-state index in [-0.39, 0.29) is 24.8 Å². The van der Waals surface area contributed by atoms with Gasteiger partial charge in [0.05, 0.1) is 6.10 Å². The number of carboxylic acids is 1. The van der Waals surface area contributed by atoms with Crippen LogP contribution in [-0.2, 0) is 9.53 Å². The minimum absolute atomic E-state index is 0.00363. The normalized spacial score (nSPS) is 22.1. The molecule has 2 amide bonds. The van der Waals surface area contributed by atoms with E-state index in [1.807, 2.05) is 0 Å². The Bertz CT molecular complexity index is 336. The first-order valence-corrected chi connectivity index (χ1v) is 6.95. The summed E-state index contributed by atoms with van der Waals surface area (Å²) in [6.07, 6.45) is 3.80. The van der Waals surface area contributed by atoms with Crippen molar-refractivity contribution >= 4 is 12.0 Å². The molecule has 2 fully saturated rings. The van der Waals surface area contributed by atoms with Gasteiger partial charge in [0, 0.05) is 19.1 Å². The minimum atomic E-state index is -0.946. The van der Waals surface area contributed by atoms with Gasteiger partial charge in [-0.2, -0.15) is 0 Å². The lowest BCUT2D eigenvalue weighted by atomic mass is 10.1. The number of carboxylic acid groups (broad SMARTS) is 1. The van der Waals surface area contributed by atoms with Gasteiger partial charge in [0.25, 0.3) is 0 Å². The van der Waals surface area contributed by atoms with Crippen LogP contribution in [0.1, 0.15) is 32.6 Å². The van der Waals surface area contributed by atoms with Crippen LogP contribution in [0, 0.1) is 5.92 Å². The lowest BCUT2D eigenvalue weighted by Crippen LogP contribution is -2.48. The summed E-state index contributed by atoms with van der Waals surface area (Å²) < 4.78 is 5.24. The lowest BCUT2D eigenvalue weighted by molar-refractivity contribution is -0.145. The van der Waals surface area contributed by atoms with Crippen molar-refractivity contribution in [1.82, 2.24) is 10.2 Å². The number of hydrogen-bond acceptors (Lipinski definition) is 3. The highest BCUT2D eigenvalue weighted by Gasteiger charge is 2.31. The number of piperidine rings is 1. The van der Waals surface area contributed by atoms with Gasteiger partial charge in [0.15, 0.2) is 0 Å². The molecular weight excluding hydrogens is 248 g/mol. The fraction of sp³-hybridized carbons (Fsp3) is 0.846. The standard InChI is InChI=1S/C13H22N2O4/c1-9(10-2-3-10)14-13(18)15-6-4-11(5-7-15)19-8-12(16)17/h9-11H,2-8H2,1H3,(H,14,18)(H,16,17). The average Bonchev–Trinajstić information content (AvgIpc) is 3.21. The van der Waals surface area contributed by atoms with Gasteiger partial charge in [-0.25, -0.2) is 9.59 Å². The molecule has 0 aromatic carbocycles. The number of carbonyl (C=O) groups is 2. The minimum Gasteiger partial charge on any atom is -0.480 e. The Labute approximate surface area is 113 Å². The Balaban J connectivity index is 1.67. The molecule has 2 N–H and O–H groups in total. The summed E-state index contributed by atoms with van der Waals surface area (Å²) in [6.45, 7) is 3.06. The lowest BCUT2D eigenvalue weighted by Gasteiger charge is -2.32. The van der Waals surface area contributed by atoms with E-state index in [1.165, 1.54) is 12.8 Å². The zero-order chi connectivity index (χ0) is 13.8. The number of hydrogen-bond donors (Lipinski definition) is 2. The first-order valence-electron chi connectivity index (χ1n) is 6.95. The molecule has 1 saturated carbocycles. The Morgan fingerprint density at radius 3 is 2.47 bits per heavy atom. The van der Waals surface area contributed by atoms with Crippen molar-refractivity contribution in [3.05, 3.63) is 0 Å². The van der Waals surface area contributed by atoms with E-state index in [9.17, 15) is 9.59 Å². The maximum absolute atomic E-state index is 12.0. The van der Waals surface area contributed by atoms with Crippen molar-refractivity contribution in [3.8, 4) is 0 Å². The van der Waals surface area contributed by atoms with Crippen LogP contribution in [0.25, 0.3) is 0 Å². The molecule has 1 atom stereocenters. The van der Waals surface area contributed by atoms with E-state index in [4.69, 9.17) is 9.84 Å². The van der Waals surface area contributed by atoms with Crippen molar-refractivity contribution in [2.75, 3.05) is 19.7 Å². The van der Waals surface area contributed by atoms with Gasteiger partial charge >= 0.3 is 12.0 Å². The Morgan fingerprint density at radius 1 is 1.32 bits per heavy atom. The third-order valence-electron chi connectivity index (χ3n) is 3.85. The van der Waals surface area contributed by atoms with E-state index in [0.29, 0.717) is 31.8 Å². The van der Waals surface area contributed by atoms with Crippen molar-refractivity contribution in [3.63, 3.8) is 0 Å². The topological polar surface area (TPSA) is 78.9 Å². The van der Waals surface area contributed by atoms with Crippen molar-refractivity contribution in [2.24, 2.45) is 5.92 Å². The molecule has 1 heterocycles. The zero-order valence-corrected chi connectivity index (χ0v) is 11.3. The molecule has 1 unspecified atom stereocenters. The molecule has 2 aliphatic rings. The molecule has 19 heavy (non-hydrogen) atoms. The van der Waals surface area contributed by atoms with E-state index in [0.717, 1.165) is 0 Å². The number of likely N-dealkylation sites (tertiary alicyclic amines) is 1. The van der Waals surface area contributed by atoms with Crippen LogP contribution < -0.4 is 5.32 Å². The number of urea groups is 1. The third kappa shape index (κ3) is 4.38. The Hall–Kier alpha value is -1.30. The summed E-state index contributed by atoms with van der Waals surface area (Å²) in [5, 5.41) is 11.6. The first kappa shape index (κ1) is 14.1. The molecule has 0 aromatic heterocycles. The summed E-state index contributed by atoms with van der Waals surface area (Å²) in [4.78, 5) is 24.2. The number of carbonyl (C=O) groups excluding carboxylic acids is 1. The number of nitrogens with one attached hydrogen (secondary N) is 1. The Kier molecular flexibility index (Phi) is 4.63. The van der Waals surface area contributed by atoms with Gasteiger partial charge in [-0.05, 0) is 38.5 Å². The predicted octanol–water partition coefficient (Wildman–Crippen LogP) is 1.06. The van der Waals surface area contributed by atoms with Crippen LogP contribution >= 0.6 is 0 Å². The fourth-order valence-electron chi connectivity index (χ4n) is 2.41. The summed E-state index contributed by atoms with van der Waals surface area (Å²) in [6, 6.07) is 0.254. The highest BCUT2D eigenvalue weighted by Crippen LogP contribution is 2.32. The second-order valence-corrected chi connectivity index (χ2v) is 5.47. The molecule has 108 valence electrons.